The Kier molecular flexibility index (Phi) is 6.91. The Morgan fingerprint density at radius 2 is 1.86 bits per heavy atom. The molecule has 3 rings (SSSR count). The van der Waals surface area contributed by atoms with E-state index in [2.05, 4.69) is 15.5 Å². The summed E-state index contributed by atoms with van der Waals surface area (Å²) in [6.45, 7) is 0.399. The van der Waals surface area contributed by atoms with E-state index in [1.165, 1.54) is 11.8 Å². The second-order valence-corrected chi connectivity index (χ2v) is 6.79. The van der Waals surface area contributed by atoms with Crippen molar-refractivity contribution in [3.63, 3.8) is 0 Å². The van der Waals surface area contributed by atoms with Crippen molar-refractivity contribution in [2.75, 3.05) is 20.0 Å². The average Bonchev–Trinajstić information content (AvgIpc) is 3.18. The van der Waals surface area contributed by atoms with Crippen LogP contribution in [0.4, 0.5) is 0 Å². The summed E-state index contributed by atoms with van der Waals surface area (Å²) in [7, 11) is 3.23. The number of carbonyl (C=O) groups excluding carboxylic acids is 1. The highest BCUT2D eigenvalue weighted by Gasteiger charge is 2.11. The van der Waals surface area contributed by atoms with Crippen molar-refractivity contribution in [3.8, 4) is 11.5 Å². The fraction of sp³-hybridized carbons (Fsp3) is 0.250. The number of hydrogen-bond acceptors (Lipinski definition) is 7. The quantitative estimate of drug-likeness (QED) is 0.553. The lowest BCUT2D eigenvalue weighted by molar-refractivity contribution is -0.118. The van der Waals surface area contributed by atoms with Crippen LogP contribution < -0.4 is 14.8 Å². The van der Waals surface area contributed by atoms with Crippen LogP contribution in [0, 0.1) is 0 Å². The molecule has 0 aliphatic rings. The number of para-hydroxylation sites is 1. The molecule has 8 heteroatoms. The van der Waals surface area contributed by atoms with Gasteiger partial charge in [-0.3, -0.25) is 4.79 Å². The van der Waals surface area contributed by atoms with E-state index in [1.54, 1.807) is 14.2 Å². The predicted molar refractivity (Wildman–Crippen MR) is 106 cm³/mol. The van der Waals surface area contributed by atoms with Crippen molar-refractivity contribution in [1.82, 2.24) is 15.5 Å². The second kappa shape index (κ2) is 9.80. The SMILES string of the molecule is COc1ccc(Cc2nnc(SCC(=O)NCc3ccccc3OC)o2)cc1. The lowest BCUT2D eigenvalue weighted by Gasteiger charge is -2.08. The van der Waals surface area contributed by atoms with Gasteiger partial charge in [-0.15, -0.1) is 10.2 Å². The second-order valence-electron chi connectivity index (χ2n) is 5.86. The molecule has 0 unspecified atom stereocenters. The van der Waals surface area contributed by atoms with Crippen molar-refractivity contribution in [3.05, 3.63) is 65.5 Å². The number of hydrogen-bond donors (Lipinski definition) is 1. The van der Waals surface area contributed by atoms with Gasteiger partial charge in [0.15, 0.2) is 0 Å². The van der Waals surface area contributed by atoms with Crippen molar-refractivity contribution in [1.29, 1.82) is 0 Å². The normalized spacial score (nSPS) is 10.5. The van der Waals surface area contributed by atoms with Crippen LogP contribution in [0.15, 0.2) is 58.2 Å². The summed E-state index contributed by atoms with van der Waals surface area (Å²) >= 11 is 1.21. The first-order valence-electron chi connectivity index (χ1n) is 8.64. The molecule has 2 aromatic carbocycles. The topological polar surface area (TPSA) is 86.5 Å². The molecule has 7 nitrogen and oxygen atoms in total. The van der Waals surface area contributed by atoms with Crippen molar-refractivity contribution >= 4 is 17.7 Å². The van der Waals surface area contributed by atoms with Gasteiger partial charge in [0.1, 0.15) is 11.5 Å². The van der Waals surface area contributed by atoms with E-state index in [9.17, 15) is 4.79 Å². The maximum absolute atomic E-state index is 12.1. The molecule has 146 valence electrons. The van der Waals surface area contributed by atoms with Crippen LogP contribution in [0.5, 0.6) is 11.5 Å². The van der Waals surface area contributed by atoms with Gasteiger partial charge in [0.2, 0.25) is 11.8 Å². The lowest BCUT2D eigenvalue weighted by Crippen LogP contribution is -2.24. The number of amides is 1. The van der Waals surface area contributed by atoms with Gasteiger partial charge in [-0.2, -0.15) is 0 Å². The Labute approximate surface area is 167 Å². The largest absolute Gasteiger partial charge is 0.497 e. The number of aromatic nitrogens is 2. The number of benzene rings is 2. The summed E-state index contributed by atoms with van der Waals surface area (Å²) in [4.78, 5) is 12.1. The molecule has 0 radical (unpaired) electrons. The van der Waals surface area contributed by atoms with E-state index in [-0.39, 0.29) is 11.7 Å². The molecular formula is C20H21N3O4S. The van der Waals surface area contributed by atoms with E-state index in [4.69, 9.17) is 13.9 Å². The first-order valence-corrected chi connectivity index (χ1v) is 9.63. The van der Waals surface area contributed by atoms with Crippen molar-refractivity contribution < 1.29 is 18.7 Å². The summed E-state index contributed by atoms with van der Waals surface area (Å²) in [6, 6.07) is 15.2. The first-order chi connectivity index (χ1) is 13.7. The summed E-state index contributed by atoms with van der Waals surface area (Å²) in [5, 5.41) is 11.2. The fourth-order valence-electron chi connectivity index (χ4n) is 2.51. The maximum atomic E-state index is 12.1. The predicted octanol–water partition coefficient (Wildman–Crippen LogP) is 3.09. The lowest BCUT2D eigenvalue weighted by atomic mass is 10.1. The highest BCUT2D eigenvalue weighted by atomic mass is 32.2. The van der Waals surface area contributed by atoms with Crippen LogP contribution in [0.1, 0.15) is 17.0 Å². The highest BCUT2D eigenvalue weighted by Crippen LogP contribution is 2.20. The van der Waals surface area contributed by atoms with Gasteiger partial charge in [-0.05, 0) is 23.8 Å². The molecule has 0 bridgehead atoms. The maximum Gasteiger partial charge on any atom is 0.277 e. The zero-order valence-electron chi connectivity index (χ0n) is 15.7. The zero-order valence-corrected chi connectivity index (χ0v) is 16.5. The average molecular weight is 399 g/mol. The molecular weight excluding hydrogens is 378 g/mol. The third-order valence-electron chi connectivity index (χ3n) is 3.96. The Balaban J connectivity index is 1.46. The third-order valence-corrected chi connectivity index (χ3v) is 4.78. The minimum absolute atomic E-state index is 0.120. The Bertz CT molecular complexity index is 912. The highest BCUT2D eigenvalue weighted by molar-refractivity contribution is 7.99. The van der Waals surface area contributed by atoms with Crippen molar-refractivity contribution in [2.45, 2.75) is 18.2 Å². The Morgan fingerprint density at radius 3 is 2.61 bits per heavy atom. The summed E-state index contributed by atoms with van der Waals surface area (Å²) in [5.41, 5.74) is 1.96. The van der Waals surface area contributed by atoms with Gasteiger partial charge in [-0.1, -0.05) is 42.1 Å². The molecule has 1 aromatic heterocycles. The molecule has 0 fully saturated rings. The van der Waals surface area contributed by atoms with E-state index in [1.807, 2.05) is 48.5 Å². The molecule has 3 aromatic rings. The van der Waals surface area contributed by atoms with Gasteiger partial charge >= 0.3 is 0 Å². The number of rotatable bonds is 9. The summed E-state index contributed by atoms with van der Waals surface area (Å²) in [5.74, 6) is 2.12. The molecule has 0 saturated heterocycles. The molecule has 0 spiro atoms. The smallest absolute Gasteiger partial charge is 0.277 e. The summed E-state index contributed by atoms with van der Waals surface area (Å²) in [6.07, 6.45) is 0.525. The van der Waals surface area contributed by atoms with Crippen LogP contribution >= 0.6 is 11.8 Å². The minimum atomic E-state index is -0.120. The van der Waals surface area contributed by atoms with Crippen LogP contribution in [0.25, 0.3) is 0 Å². The monoisotopic (exact) mass is 399 g/mol. The van der Waals surface area contributed by atoms with E-state index in [0.29, 0.717) is 24.1 Å². The molecule has 1 N–H and O–H groups in total. The Morgan fingerprint density at radius 1 is 1.07 bits per heavy atom. The standard InChI is InChI=1S/C20H21N3O4S/c1-25-16-9-7-14(8-10-16)11-19-22-23-20(27-19)28-13-18(24)21-12-15-5-3-4-6-17(15)26-2/h3-10H,11-13H2,1-2H3,(H,21,24). The van der Waals surface area contributed by atoms with Crippen molar-refractivity contribution in [2.24, 2.45) is 0 Å². The summed E-state index contributed by atoms with van der Waals surface area (Å²) < 4.78 is 16.0. The fourth-order valence-corrected chi connectivity index (χ4v) is 3.12. The molecule has 0 saturated carbocycles. The van der Waals surface area contributed by atoms with Gasteiger partial charge in [0.05, 0.1) is 26.4 Å². The first kappa shape index (κ1) is 19.8. The van der Waals surface area contributed by atoms with E-state index >= 15 is 0 Å². The van der Waals surface area contributed by atoms with Gasteiger partial charge in [-0.25, -0.2) is 0 Å². The van der Waals surface area contributed by atoms with Gasteiger partial charge in [0, 0.05) is 12.1 Å². The number of thioether (sulfide) groups is 1. The van der Waals surface area contributed by atoms with Gasteiger partial charge < -0.3 is 19.2 Å². The molecule has 0 aliphatic carbocycles. The van der Waals surface area contributed by atoms with Crippen LogP contribution in [0.2, 0.25) is 0 Å². The van der Waals surface area contributed by atoms with Crippen LogP contribution in [-0.2, 0) is 17.8 Å². The van der Waals surface area contributed by atoms with Crippen LogP contribution in [0.3, 0.4) is 0 Å². The molecule has 0 atom stereocenters. The van der Waals surface area contributed by atoms with E-state index in [0.717, 1.165) is 22.6 Å². The zero-order chi connectivity index (χ0) is 19.8. The minimum Gasteiger partial charge on any atom is -0.497 e. The number of ether oxygens (including phenoxy) is 2. The number of nitrogens with zero attached hydrogens (tertiary/aromatic N) is 2. The number of methoxy groups -OCH3 is 2. The number of carbonyl (C=O) groups is 1. The van der Waals surface area contributed by atoms with E-state index < -0.39 is 0 Å². The third kappa shape index (κ3) is 5.50. The Hall–Kier alpha value is -3.00. The number of nitrogens with one attached hydrogen (secondary N) is 1. The van der Waals surface area contributed by atoms with Crippen LogP contribution in [-0.4, -0.2) is 36.1 Å². The molecule has 1 amide bonds. The molecule has 0 aliphatic heterocycles. The van der Waals surface area contributed by atoms with Gasteiger partial charge in [0.25, 0.3) is 5.22 Å². The molecule has 28 heavy (non-hydrogen) atoms. The molecule has 1 heterocycles.